The maximum absolute atomic E-state index is 14.2. The SMILES string of the molecule is CCOC(=O)C1=C(C)NC2=C(C(=O)C(C(=O)OCC)C(c3cccc(OC)c3)C2)C1c1ccsc1. The molecule has 1 aliphatic carbocycles. The lowest BCUT2D eigenvalue weighted by Gasteiger charge is -2.39. The Balaban J connectivity index is 1.87. The summed E-state index contributed by atoms with van der Waals surface area (Å²) in [6.07, 6.45) is 0.409. The van der Waals surface area contributed by atoms with E-state index in [1.165, 1.54) is 11.3 Å². The molecule has 0 fully saturated rings. The Kier molecular flexibility index (Phi) is 7.40. The molecule has 3 atom stereocenters. The van der Waals surface area contributed by atoms with Crippen LogP contribution in [0.5, 0.6) is 5.75 Å². The van der Waals surface area contributed by atoms with Crippen LogP contribution in [0.2, 0.25) is 0 Å². The van der Waals surface area contributed by atoms with Gasteiger partial charge in [-0.2, -0.15) is 11.3 Å². The van der Waals surface area contributed by atoms with Gasteiger partial charge in [-0.15, -0.1) is 0 Å². The van der Waals surface area contributed by atoms with Gasteiger partial charge in [-0.05, 0) is 67.3 Å². The average molecular weight is 496 g/mol. The van der Waals surface area contributed by atoms with E-state index in [9.17, 15) is 14.4 Å². The van der Waals surface area contributed by atoms with Crippen LogP contribution in [-0.2, 0) is 23.9 Å². The van der Waals surface area contributed by atoms with Crippen molar-refractivity contribution in [2.75, 3.05) is 20.3 Å². The highest BCUT2D eigenvalue weighted by atomic mass is 32.1. The molecular weight excluding hydrogens is 466 g/mol. The predicted molar refractivity (Wildman–Crippen MR) is 132 cm³/mol. The van der Waals surface area contributed by atoms with E-state index in [1.807, 2.05) is 48.0 Å². The minimum atomic E-state index is -1.04. The molecule has 1 N–H and O–H groups in total. The summed E-state index contributed by atoms with van der Waals surface area (Å²) in [6.45, 7) is 5.67. The number of carbonyl (C=O) groups excluding carboxylic acids is 3. The van der Waals surface area contributed by atoms with Crippen LogP contribution >= 0.6 is 11.3 Å². The Bertz CT molecular complexity index is 1200. The first-order chi connectivity index (χ1) is 16.9. The molecule has 1 aromatic heterocycles. The number of allylic oxidation sites excluding steroid dienone is 3. The fourth-order valence-corrected chi connectivity index (χ4v) is 5.66. The maximum Gasteiger partial charge on any atom is 0.336 e. The van der Waals surface area contributed by atoms with Gasteiger partial charge in [0.05, 0.1) is 25.9 Å². The van der Waals surface area contributed by atoms with E-state index in [2.05, 4.69) is 5.32 Å². The van der Waals surface area contributed by atoms with E-state index in [-0.39, 0.29) is 19.0 Å². The van der Waals surface area contributed by atoms with Crippen LogP contribution < -0.4 is 10.1 Å². The van der Waals surface area contributed by atoms with Crippen molar-refractivity contribution in [3.8, 4) is 5.75 Å². The number of hydrogen-bond donors (Lipinski definition) is 1. The topological polar surface area (TPSA) is 90.9 Å². The molecule has 0 saturated heterocycles. The third-order valence-corrected chi connectivity index (χ3v) is 7.16. The lowest BCUT2D eigenvalue weighted by atomic mass is 9.67. The number of hydrogen-bond acceptors (Lipinski definition) is 8. The predicted octanol–water partition coefficient (Wildman–Crippen LogP) is 4.47. The standard InChI is InChI=1S/C27H29NO6S/c1-5-33-26(30)21-15(3)28-20-13-19(16-8-7-9-18(12-16)32-4)23(27(31)34-6-2)25(29)24(20)22(21)17-10-11-35-14-17/h7-12,14,19,22-23,28H,5-6,13H2,1-4H3. The van der Waals surface area contributed by atoms with Crippen molar-refractivity contribution in [3.63, 3.8) is 0 Å². The quantitative estimate of drug-likeness (QED) is 0.448. The number of ether oxygens (including phenoxy) is 3. The van der Waals surface area contributed by atoms with E-state index >= 15 is 0 Å². The van der Waals surface area contributed by atoms with Crippen molar-refractivity contribution < 1.29 is 28.6 Å². The highest BCUT2D eigenvalue weighted by Crippen LogP contribution is 2.48. The number of nitrogens with one attached hydrogen (secondary N) is 1. The summed E-state index contributed by atoms with van der Waals surface area (Å²) in [4.78, 5) is 40.3. The van der Waals surface area contributed by atoms with Crippen molar-refractivity contribution in [1.29, 1.82) is 0 Å². The van der Waals surface area contributed by atoms with Crippen LogP contribution in [0.25, 0.3) is 0 Å². The molecule has 0 spiro atoms. The number of dihydropyridines is 1. The minimum absolute atomic E-state index is 0.165. The summed E-state index contributed by atoms with van der Waals surface area (Å²) in [5.41, 5.74) is 3.81. The van der Waals surface area contributed by atoms with Crippen LogP contribution in [0.1, 0.15) is 50.2 Å². The van der Waals surface area contributed by atoms with Gasteiger partial charge in [-0.3, -0.25) is 9.59 Å². The third kappa shape index (κ3) is 4.62. The second-order valence-electron chi connectivity index (χ2n) is 8.45. The fourth-order valence-electron chi connectivity index (χ4n) is 4.97. The summed E-state index contributed by atoms with van der Waals surface area (Å²) < 4.78 is 16.1. The fraction of sp³-hybridized carbons (Fsp3) is 0.370. The van der Waals surface area contributed by atoms with Crippen LogP contribution in [-0.4, -0.2) is 38.0 Å². The molecule has 0 bridgehead atoms. The van der Waals surface area contributed by atoms with Crippen LogP contribution in [0, 0.1) is 5.92 Å². The second-order valence-corrected chi connectivity index (χ2v) is 9.23. The molecule has 184 valence electrons. The van der Waals surface area contributed by atoms with Gasteiger partial charge in [0.2, 0.25) is 0 Å². The first-order valence-electron chi connectivity index (χ1n) is 11.7. The Morgan fingerprint density at radius 3 is 2.54 bits per heavy atom. The Morgan fingerprint density at radius 1 is 1.11 bits per heavy atom. The number of rotatable bonds is 7. The minimum Gasteiger partial charge on any atom is -0.497 e. The molecule has 2 aliphatic rings. The third-order valence-electron chi connectivity index (χ3n) is 6.45. The molecule has 2 aromatic rings. The molecule has 35 heavy (non-hydrogen) atoms. The van der Waals surface area contributed by atoms with Crippen molar-refractivity contribution in [2.45, 2.75) is 39.0 Å². The number of benzene rings is 1. The highest BCUT2D eigenvalue weighted by molar-refractivity contribution is 7.08. The van der Waals surface area contributed by atoms with Gasteiger partial charge in [0.15, 0.2) is 5.78 Å². The van der Waals surface area contributed by atoms with E-state index in [0.29, 0.717) is 34.7 Å². The summed E-state index contributed by atoms with van der Waals surface area (Å²) in [5, 5.41) is 7.14. The number of methoxy groups -OCH3 is 1. The normalized spacial score (nSPS) is 21.8. The number of thiophene rings is 1. The van der Waals surface area contributed by atoms with Gasteiger partial charge in [0.25, 0.3) is 0 Å². The molecule has 1 aromatic carbocycles. The van der Waals surface area contributed by atoms with E-state index < -0.39 is 29.7 Å². The largest absolute Gasteiger partial charge is 0.497 e. The van der Waals surface area contributed by atoms with E-state index in [1.54, 1.807) is 21.0 Å². The smallest absolute Gasteiger partial charge is 0.336 e. The Hall–Kier alpha value is -3.39. The van der Waals surface area contributed by atoms with Crippen LogP contribution in [0.4, 0.5) is 0 Å². The summed E-state index contributed by atoms with van der Waals surface area (Å²) in [6, 6.07) is 9.31. The zero-order valence-corrected chi connectivity index (χ0v) is 21.1. The van der Waals surface area contributed by atoms with Gasteiger partial charge >= 0.3 is 11.9 Å². The number of esters is 2. The summed E-state index contributed by atoms with van der Waals surface area (Å²) >= 11 is 1.48. The van der Waals surface area contributed by atoms with Gasteiger partial charge in [0, 0.05) is 28.8 Å². The van der Waals surface area contributed by atoms with Gasteiger partial charge in [-0.25, -0.2) is 4.79 Å². The monoisotopic (exact) mass is 495 g/mol. The molecule has 7 nitrogen and oxygen atoms in total. The van der Waals surface area contributed by atoms with Crippen molar-refractivity contribution in [3.05, 3.63) is 74.8 Å². The Morgan fingerprint density at radius 2 is 1.89 bits per heavy atom. The van der Waals surface area contributed by atoms with Gasteiger partial charge in [0.1, 0.15) is 11.7 Å². The average Bonchev–Trinajstić information content (AvgIpc) is 3.38. The molecular formula is C27H29NO6S. The first kappa shape index (κ1) is 24.7. The number of carbonyl (C=O) groups is 3. The maximum atomic E-state index is 14.2. The van der Waals surface area contributed by atoms with Crippen molar-refractivity contribution in [1.82, 2.24) is 5.32 Å². The zero-order chi connectivity index (χ0) is 25.1. The second kappa shape index (κ2) is 10.5. The van der Waals surface area contributed by atoms with Gasteiger partial charge < -0.3 is 19.5 Å². The van der Waals surface area contributed by atoms with E-state index in [0.717, 1.165) is 11.1 Å². The van der Waals surface area contributed by atoms with E-state index in [4.69, 9.17) is 14.2 Å². The molecule has 4 rings (SSSR count). The number of ketones is 1. The zero-order valence-electron chi connectivity index (χ0n) is 20.3. The molecule has 0 saturated carbocycles. The molecule has 2 heterocycles. The molecule has 1 aliphatic heterocycles. The number of Topliss-reactive ketones (excluding diaryl/α,β-unsaturated/α-hetero) is 1. The highest BCUT2D eigenvalue weighted by Gasteiger charge is 2.49. The molecule has 8 heteroatoms. The Labute approximate surface area is 208 Å². The van der Waals surface area contributed by atoms with Crippen molar-refractivity contribution in [2.24, 2.45) is 5.92 Å². The van der Waals surface area contributed by atoms with Gasteiger partial charge in [-0.1, -0.05) is 12.1 Å². The molecule has 3 unspecified atom stereocenters. The lowest BCUT2D eigenvalue weighted by molar-refractivity contribution is -0.152. The van der Waals surface area contributed by atoms with Crippen LogP contribution in [0.15, 0.2) is 63.6 Å². The summed E-state index contributed by atoms with van der Waals surface area (Å²) in [5.74, 6) is -2.83. The molecule has 0 amide bonds. The van der Waals surface area contributed by atoms with Crippen molar-refractivity contribution >= 4 is 29.1 Å². The summed E-state index contributed by atoms with van der Waals surface area (Å²) in [7, 11) is 1.58. The molecule has 0 radical (unpaired) electrons. The lowest BCUT2D eigenvalue weighted by Crippen LogP contribution is -2.43. The first-order valence-corrected chi connectivity index (χ1v) is 12.6. The van der Waals surface area contributed by atoms with Crippen LogP contribution in [0.3, 0.4) is 0 Å².